The van der Waals surface area contributed by atoms with Crippen molar-refractivity contribution in [1.29, 1.82) is 0 Å². The minimum atomic E-state index is -0.932. The minimum Gasteiger partial charge on any atom is -0.478 e. The number of rotatable bonds is 4. The molecule has 0 atom stereocenters. The van der Waals surface area contributed by atoms with Crippen LogP contribution >= 0.6 is 0 Å². The second-order valence-corrected chi connectivity index (χ2v) is 5.34. The summed E-state index contributed by atoms with van der Waals surface area (Å²) in [6, 6.07) is 4.56. The Labute approximate surface area is 118 Å². The number of aliphatic carboxylic acids is 1. The van der Waals surface area contributed by atoms with Gasteiger partial charge < -0.3 is 10.0 Å². The molecule has 1 aromatic rings. The number of hydrogen-bond donors (Lipinski definition) is 1. The van der Waals surface area contributed by atoms with E-state index in [1.54, 1.807) is 12.3 Å². The van der Waals surface area contributed by atoms with E-state index in [1.807, 2.05) is 12.1 Å². The maximum Gasteiger partial charge on any atom is 0.328 e. The van der Waals surface area contributed by atoms with Gasteiger partial charge in [-0.15, -0.1) is 0 Å². The fourth-order valence-corrected chi connectivity index (χ4v) is 2.70. The van der Waals surface area contributed by atoms with Crippen LogP contribution in [0.15, 0.2) is 24.4 Å². The lowest BCUT2D eigenvalue weighted by Crippen LogP contribution is -2.47. The number of nitrogens with zero attached hydrogens (tertiary/aromatic N) is 3. The lowest BCUT2D eigenvalue weighted by molar-refractivity contribution is -0.131. The molecular formula is C15H19N3O2. The molecule has 1 saturated carbocycles. The number of hydrogen-bond acceptors (Lipinski definition) is 4. The van der Waals surface area contributed by atoms with Gasteiger partial charge in [0.05, 0.1) is 0 Å². The summed E-state index contributed by atoms with van der Waals surface area (Å²) in [5.41, 5.74) is 0.870. The van der Waals surface area contributed by atoms with Crippen molar-refractivity contribution in [2.75, 3.05) is 31.1 Å². The number of carboxylic acid groups (broad SMARTS) is 1. The van der Waals surface area contributed by atoms with Crippen LogP contribution in [-0.4, -0.2) is 53.2 Å². The van der Waals surface area contributed by atoms with Crippen LogP contribution < -0.4 is 4.90 Å². The minimum absolute atomic E-state index is 0.812. The molecule has 2 fully saturated rings. The number of piperazine rings is 1. The van der Waals surface area contributed by atoms with Gasteiger partial charge in [-0.25, -0.2) is 9.78 Å². The quantitative estimate of drug-likeness (QED) is 0.842. The molecule has 2 heterocycles. The highest BCUT2D eigenvalue weighted by Crippen LogP contribution is 2.28. The van der Waals surface area contributed by atoms with E-state index in [-0.39, 0.29) is 0 Å². The summed E-state index contributed by atoms with van der Waals surface area (Å²) in [6.45, 7) is 4.06. The molecule has 20 heavy (non-hydrogen) atoms. The van der Waals surface area contributed by atoms with Gasteiger partial charge in [-0.2, -0.15) is 0 Å². The zero-order valence-corrected chi connectivity index (χ0v) is 11.4. The Morgan fingerprint density at radius 1 is 1.30 bits per heavy atom. The molecule has 2 aliphatic rings. The van der Waals surface area contributed by atoms with E-state index in [9.17, 15) is 4.79 Å². The topological polar surface area (TPSA) is 56.7 Å². The van der Waals surface area contributed by atoms with Crippen molar-refractivity contribution in [1.82, 2.24) is 9.88 Å². The molecule has 0 spiro atoms. The molecular weight excluding hydrogens is 254 g/mol. The smallest absolute Gasteiger partial charge is 0.328 e. The lowest BCUT2D eigenvalue weighted by Gasteiger charge is -2.36. The predicted octanol–water partition coefficient (Wildman–Crippen LogP) is 1.46. The van der Waals surface area contributed by atoms with Crippen LogP contribution in [0.4, 0.5) is 5.82 Å². The molecule has 106 valence electrons. The van der Waals surface area contributed by atoms with Crippen LogP contribution in [-0.2, 0) is 4.79 Å². The molecule has 0 unspecified atom stereocenters. The molecule has 1 aromatic heterocycles. The van der Waals surface area contributed by atoms with Gasteiger partial charge in [0.2, 0.25) is 0 Å². The Kier molecular flexibility index (Phi) is 3.69. The second-order valence-electron chi connectivity index (χ2n) is 5.34. The normalized spacial score (nSPS) is 20.5. The third-order valence-corrected chi connectivity index (χ3v) is 3.90. The van der Waals surface area contributed by atoms with E-state index < -0.39 is 5.97 Å². The second kappa shape index (κ2) is 5.63. The highest BCUT2D eigenvalue weighted by atomic mass is 16.4. The standard InChI is InChI=1S/C15H19N3O2/c19-14(20)6-3-12-2-1-7-16-15(12)18-10-8-17(9-11-18)13-4-5-13/h1-3,6-7,13H,4-5,8-11H2,(H,19,20)/b6-3+. The van der Waals surface area contributed by atoms with E-state index in [0.29, 0.717) is 0 Å². The lowest BCUT2D eigenvalue weighted by atomic mass is 10.2. The van der Waals surface area contributed by atoms with E-state index in [4.69, 9.17) is 5.11 Å². The van der Waals surface area contributed by atoms with Crippen molar-refractivity contribution in [3.63, 3.8) is 0 Å². The fraction of sp³-hybridized carbons (Fsp3) is 0.467. The summed E-state index contributed by atoms with van der Waals surface area (Å²) < 4.78 is 0. The van der Waals surface area contributed by atoms with Crippen molar-refractivity contribution >= 4 is 17.9 Å². The Morgan fingerprint density at radius 2 is 2.05 bits per heavy atom. The average molecular weight is 273 g/mol. The average Bonchev–Trinajstić information content (AvgIpc) is 3.30. The molecule has 5 nitrogen and oxygen atoms in total. The van der Waals surface area contributed by atoms with Crippen molar-refractivity contribution in [3.8, 4) is 0 Å². The molecule has 1 aliphatic carbocycles. The zero-order chi connectivity index (χ0) is 13.9. The van der Waals surface area contributed by atoms with Crippen molar-refractivity contribution in [2.45, 2.75) is 18.9 Å². The van der Waals surface area contributed by atoms with Gasteiger partial charge in [0, 0.05) is 50.1 Å². The van der Waals surface area contributed by atoms with E-state index in [0.717, 1.165) is 43.6 Å². The first kappa shape index (κ1) is 13.1. The summed E-state index contributed by atoms with van der Waals surface area (Å²) in [5, 5.41) is 8.75. The third-order valence-electron chi connectivity index (χ3n) is 3.90. The van der Waals surface area contributed by atoms with Crippen LogP contribution in [0.25, 0.3) is 6.08 Å². The van der Waals surface area contributed by atoms with Gasteiger partial charge >= 0.3 is 5.97 Å². The number of anilines is 1. The van der Waals surface area contributed by atoms with E-state index in [1.165, 1.54) is 18.9 Å². The molecule has 1 aliphatic heterocycles. The maximum atomic E-state index is 10.7. The van der Waals surface area contributed by atoms with Crippen LogP contribution in [0.3, 0.4) is 0 Å². The molecule has 5 heteroatoms. The third kappa shape index (κ3) is 2.99. The van der Waals surface area contributed by atoms with Crippen LogP contribution in [0.2, 0.25) is 0 Å². The van der Waals surface area contributed by atoms with E-state index >= 15 is 0 Å². The van der Waals surface area contributed by atoms with Crippen LogP contribution in [0, 0.1) is 0 Å². The highest BCUT2D eigenvalue weighted by molar-refractivity contribution is 5.86. The fourth-order valence-electron chi connectivity index (χ4n) is 2.70. The number of carbonyl (C=O) groups is 1. The molecule has 0 amide bonds. The monoisotopic (exact) mass is 273 g/mol. The van der Waals surface area contributed by atoms with Crippen molar-refractivity contribution in [3.05, 3.63) is 30.0 Å². The van der Waals surface area contributed by atoms with Gasteiger partial charge in [0.25, 0.3) is 0 Å². The first-order valence-electron chi connectivity index (χ1n) is 7.09. The van der Waals surface area contributed by atoms with Gasteiger partial charge in [0.1, 0.15) is 5.82 Å². The summed E-state index contributed by atoms with van der Waals surface area (Å²) in [4.78, 5) is 19.9. The van der Waals surface area contributed by atoms with E-state index in [2.05, 4.69) is 14.8 Å². The van der Waals surface area contributed by atoms with Crippen molar-refractivity contribution in [2.24, 2.45) is 0 Å². The molecule has 0 radical (unpaired) electrons. The number of carboxylic acids is 1. The Hall–Kier alpha value is -1.88. The molecule has 0 aromatic carbocycles. The first-order valence-corrected chi connectivity index (χ1v) is 7.09. The van der Waals surface area contributed by atoms with Gasteiger partial charge in [-0.05, 0) is 31.1 Å². The Bertz CT molecular complexity index is 518. The van der Waals surface area contributed by atoms with Gasteiger partial charge in [-0.1, -0.05) is 0 Å². The van der Waals surface area contributed by atoms with Crippen molar-refractivity contribution < 1.29 is 9.90 Å². The largest absolute Gasteiger partial charge is 0.478 e. The Balaban J connectivity index is 1.71. The SMILES string of the molecule is O=C(O)/C=C/c1cccnc1N1CCN(C2CC2)CC1. The van der Waals surface area contributed by atoms with Gasteiger partial charge in [0.15, 0.2) is 0 Å². The highest BCUT2D eigenvalue weighted by Gasteiger charge is 2.31. The van der Waals surface area contributed by atoms with Crippen LogP contribution in [0.1, 0.15) is 18.4 Å². The molecule has 0 bridgehead atoms. The summed E-state index contributed by atoms with van der Waals surface area (Å²) >= 11 is 0. The molecule has 1 N–H and O–H groups in total. The van der Waals surface area contributed by atoms with Gasteiger partial charge in [-0.3, -0.25) is 4.90 Å². The molecule has 3 rings (SSSR count). The number of pyridine rings is 1. The Morgan fingerprint density at radius 3 is 2.70 bits per heavy atom. The maximum absolute atomic E-state index is 10.7. The predicted molar refractivity (Wildman–Crippen MR) is 77.7 cm³/mol. The zero-order valence-electron chi connectivity index (χ0n) is 11.4. The number of aromatic nitrogens is 1. The van der Waals surface area contributed by atoms with Crippen LogP contribution in [0.5, 0.6) is 0 Å². The summed E-state index contributed by atoms with van der Waals surface area (Å²) in [7, 11) is 0. The first-order chi connectivity index (χ1) is 9.74. The molecule has 1 saturated heterocycles. The summed E-state index contributed by atoms with van der Waals surface area (Å²) in [6.07, 6.45) is 7.24. The summed E-state index contributed by atoms with van der Waals surface area (Å²) in [5.74, 6) is -0.0428.